The van der Waals surface area contributed by atoms with E-state index in [1.807, 2.05) is 38.5 Å². The van der Waals surface area contributed by atoms with E-state index < -0.39 is 0 Å². The Morgan fingerprint density at radius 2 is 1.83 bits per heavy atom. The maximum absolute atomic E-state index is 13.0. The number of nitrogens with zero attached hydrogens (tertiary/aromatic N) is 4. The standard InChI is InChI=1S/C18H24FN5/c1-20-18(21-14-17-4-3-9-22(17)2)24-12-10-23(11-13-24)16-7-5-15(19)6-8-16/h3-9H,10-14H2,1-2H3,(H,20,21). The van der Waals surface area contributed by atoms with Crippen LogP contribution in [0.1, 0.15) is 5.69 Å². The first-order chi connectivity index (χ1) is 11.7. The molecule has 0 saturated carbocycles. The molecule has 1 aromatic heterocycles. The lowest BCUT2D eigenvalue weighted by molar-refractivity contribution is 0.372. The third-order valence-corrected chi connectivity index (χ3v) is 4.46. The van der Waals surface area contributed by atoms with Crippen molar-refractivity contribution >= 4 is 11.6 Å². The lowest BCUT2D eigenvalue weighted by Gasteiger charge is -2.37. The number of piperazine rings is 1. The van der Waals surface area contributed by atoms with Gasteiger partial charge in [-0.2, -0.15) is 0 Å². The number of benzene rings is 1. The zero-order chi connectivity index (χ0) is 16.9. The normalized spacial score (nSPS) is 15.7. The van der Waals surface area contributed by atoms with E-state index in [-0.39, 0.29) is 5.82 Å². The van der Waals surface area contributed by atoms with E-state index in [4.69, 9.17) is 0 Å². The monoisotopic (exact) mass is 329 g/mol. The second kappa shape index (κ2) is 7.38. The quantitative estimate of drug-likeness (QED) is 0.692. The summed E-state index contributed by atoms with van der Waals surface area (Å²) in [5, 5.41) is 3.43. The van der Waals surface area contributed by atoms with Crippen LogP contribution in [-0.4, -0.2) is 48.7 Å². The Labute approximate surface area is 142 Å². The van der Waals surface area contributed by atoms with Gasteiger partial charge in [0, 0.05) is 57.9 Å². The second-order valence-electron chi connectivity index (χ2n) is 5.96. The molecule has 1 aliphatic rings. The van der Waals surface area contributed by atoms with Gasteiger partial charge in [0.25, 0.3) is 0 Å². The van der Waals surface area contributed by atoms with Crippen LogP contribution in [0.4, 0.5) is 10.1 Å². The van der Waals surface area contributed by atoms with Crippen LogP contribution < -0.4 is 10.2 Å². The Hall–Kier alpha value is -2.50. The van der Waals surface area contributed by atoms with E-state index >= 15 is 0 Å². The lowest BCUT2D eigenvalue weighted by atomic mass is 10.2. The molecule has 0 atom stereocenters. The molecule has 1 N–H and O–H groups in total. The number of guanidine groups is 1. The molecule has 2 aromatic rings. The molecule has 24 heavy (non-hydrogen) atoms. The van der Waals surface area contributed by atoms with E-state index in [0.29, 0.717) is 0 Å². The number of aliphatic imine (C=N–C) groups is 1. The molecule has 6 heteroatoms. The van der Waals surface area contributed by atoms with Crippen molar-refractivity contribution in [2.24, 2.45) is 12.0 Å². The summed E-state index contributed by atoms with van der Waals surface area (Å²) in [4.78, 5) is 8.95. The second-order valence-corrected chi connectivity index (χ2v) is 5.96. The first-order valence-electron chi connectivity index (χ1n) is 8.23. The van der Waals surface area contributed by atoms with Crippen molar-refractivity contribution in [2.75, 3.05) is 38.1 Å². The summed E-state index contributed by atoms with van der Waals surface area (Å²) < 4.78 is 15.1. The molecule has 0 bridgehead atoms. The molecule has 1 saturated heterocycles. The Bertz CT molecular complexity index is 684. The highest BCUT2D eigenvalue weighted by molar-refractivity contribution is 5.80. The molecule has 2 heterocycles. The molecule has 0 aliphatic carbocycles. The van der Waals surface area contributed by atoms with Crippen molar-refractivity contribution in [1.82, 2.24) is 14.8 Å². The average molecular weight is 329 g/mol. The van der Waals surface area contributed by atoms with Crippen molar-refractivity contribution in [3.8, 4) is 0 Å². The predicted molar refractivity (Wildman–Crippen MR) is 95.8 cm³/mol. The number of halogens is 1. The fourth-order valence-corrected chi connectivity index (χ4v) is 3.01. The molecular formula is C18H24FN5. The average Bonchev–Trinajstić information content (AvgIpc) is 3.02. The van der Waals surface area contributed by atoms with Crippen LogP contribution in [0.15, 0.2) is 47.6 Å². The van der Waals surface area contributed by atoms with Gasteiger partial charge in [-0.3, -0.25) is 4.99 Å². The van der Waals surface area contributed by atoms with E-state index in [1.165, 1.54) is 17.8 Å². The molecule has 1 aromatic carbocycles. The van der Waals surface area contributed by atoms with Gasteiger partial charge >= 0.3 is 0 Å². The minimum atomic E-state index is -0.192. The number of hydrogen-bond donors (Lipinski definition) is 1. The van der Waals surface area contributed by atoms with Crippen LogP contribution >= 0.6 is 0 Å². The summed E-state index contributed by atoms with van der Waals surface area (Å²) >= 11 is 0. The SMILES string of the molecule is CN=C(NCc1cccn1C)N1CCN(c2ccc(F)cc2)CC1. The van der Waals surface area contributed by atoms with Crippen LogP contribution in [-0.2, 0) is 13.6 Å². The third-order valence-electron chi connectivity index (χ3n) is 4.46. The van der Waals surface area contributed by atoms with Crippen LogP contribution in [0.25, 0.3) is 0 Å². The molecular weight excluding hydrogens is 305 g/mol. The highest BCUT2D eigenvalue weighted by Crippen LogP contribution is 2.17. The summed E-state index contributed by atoms with van der Waals surface area (Å²) in [6.07, 6.45) is 2.04. The molecule has 0 unspecified atom stereocenters. The van der Waals surface area contributed by atoms with Crippen molar-refractivity contribution < 1.29 is 4.39 Å². The number of rotatable bonds is 3. The Kier molecular flexibility index (Phi) is 5.03. The number of hydrogen-bond acceptors (Lipinski definition) is 2. The predicted octanol–water partition coefficient (Wildman–Crippen LogP) is 2.06. The molecule has 0 radical (unpaired) electrons. The van der Waals surface area contributed by atoms with E-state index in [2.05, 4.69) is 30.7 Å². The maximum atomic E-state index is 13.0. The number of nitrogens with one attached hydrogen (secondary N) is 1. The summed E-state index contributed by atoms with van der Waals surface area (Å²) in [7, 11) is 3.86. The minimum Gasteiger partial charge on any atom is -0.368 e. The molecule has 1 aliphatic heterocycles. The first-order valence-corrected chi connectivity index (χ1v) is 8.23. The van der Waals surface area contributed by atoms with Gasteiger partial charge in [0.05, 0.1) is 6.54 Å². The van der Waals surface area contributed by atoms with Gasteiger partial charge < -0.3 is 19.7 Å². The zero-order valence-corrected chi connectivity index (χ0v) is 14.2. The molecule has 3 rings (SSSR count). The van der Waals surface area contributed by atoms with E-state index in [1.54, 1.807) is 0 Å². The lowest BCUT2D eigenvalue weighted by Crippen LogP contribution is -2.52. The van der Waals surface area contributed by atoms with Gasteiger partial charge in [0.1, 0.15) is 5.82 Å². The van der Waals surface area contributed by atoms with Gasteiger partial charge in [-0.15, -0.1) is 0 Å². The van der Waals surface area contributed by atoms with E-state index in [0.717, 1.165) is 44.4 Å². The highest BCUT2D eigenvalue weighted by Gasteiger charge is 2.19. The van der Waals surface area contributed by atoms with Crippen LogP contribution in [0.5, 0.6) is 0 Å². The molecule has 0 amide bonds. The largest absolute Gasteiger partial charge is 0.368 e. The van der Waals surface area contributed by atoms with Crippen molar-refractivity contribution in [2.45, 2.75) is 6.54 Å². The Balaban J connectivity index is 1.54. The van der Waals surface area contributed by atoms with Crippen molar-refractivity contribution in [3.05, 3.63) is 54.1 Å². The third kappa shape index (κ3) is 3.69. The fraction of sp³-hybridized carbons (Fsp3) is 0.389. The Morgan fingerprint density at radius 3 is 2.42 bits per heavy atom. The molecule has 5 nitrogen and oxygen atoms in total. The summed E-state index contributed by atoms with van der Waals surface area (Å²) in [5.74, 6) is 0.734. The first kappa shape index (κ1) is 16.4. The van der Waals surface area contributed by atoms with Gasteiger partial charge in [0.2, 0.25) is 0 Å². The molecule has 128 valence electrons. The smallest absolute Gasteiger partial charge is 0.194 e. The van der Waals surface area contributed by atoms with Crippen LogP contribution in [0, 0.1) is 5.82 Å². The van der Waals surface area contributed by atoms with Crippen LogP contribution in [0.2, 0.25) is 0 Å². The van der Waals surface area contributed by atoms with Gasteiger partial charge in [0.15, 0.2) is 5.96 Å². The molecule has 0 spiro atoms. The minimum absolute atomic E-state index is 0.192. The van der Waals surface area contributed by atoms with Crippen molar-refractivity contribution in [1.29, 1.82) is 0 Å². The molecule has 1 fully saturated rings. The Morgan fingerprint density at radius 1 is 1.12 bits per heavy atom. The zero-order valence-electron chi connectivity index (χ0n) is 14.2. The number of anilines is 1. The summed E-state index contributed by atoms with van der Waals surface area (Å²) in [6.45, 7) is 4.34. The fourth-order valence-electron chi connectivity index (χ4n) is 3.01. The highest BCUT2D eigenvalue weighted by atomic mass is 19.1. The van der Waals surface area contributed by atoms with Gasteiger partial charge in [-0.1, -0.05) is 0 Å². The van der Waals surface area contributed by atoms with E-state index in [9.17, 15) is 4.39 Å². The summed E-state index contributed by atoms with van der Waals surface area (Å²) in [5.41, 5.74) is 2.30. The number of aryl methyl sites for hydroxylation is 1. The topological polar surface area (TPSA) is 35.8 Å². The van der Waals surface area contributed by atoms with Gasteiger partial charge in [-0.25, -0.2) is 4.39 Å². The summed E-state index contributed by atoms with van der Waals surface area (Å²) in [6, 6.07) is 10.9. The number of aromatic nitrogens is 1. The van der Waals surface area contributed by atoms with Crippen LogP contribution in [0.3, 0.4) is 0 Å². The maximum Gasteiger partial charge on any atom is 0.194 e. The van der Waals surface area contributed by atoms with Crippen molar-refractivity contribution in [3.63, 3.8) is 0 Å². The van der Waals surface area contributed by atoms with Gasteiger partial charge in [-0.05, 0) is 36.4 Å².